The van der Waals surface area contributed by atoms with Crippen LogP contribution in [-0.2, 0) is 6.54 Å². The maximum atomic E-state index is 5.89. The summed E-state index contributed by atoms with van der Waals surface area (Å²) < 4.78 is 11.1. The standard InChI is InChI=1S/C15H25NO2S/c1-4-16-12-13-7-8-14(17-3)11-15(13)18-9-6-10-19-5-2/h7-8,11,16H,4-6,9-10,12H2,1-3H3. The number of benzene rings is 1. The molecule has 0 aliphatic carbocycles. The largest absolute Gasteiger partial charge is 0.497 e. The van der Waals surface area contributed by atoms with E-state index in [1.807, 2.05) is 23.9 Å². The number of thioether (sulfide) groups is 1. The SMILES string of the molecule is CCNCc1ccc(OC)cc1OCCCSCC. The minimum atomic E-state index is 0.763. The van der Waals surface area contributed by atoms with E-state index in [2.05, 4.69) is 25.2 Å². The Morgan fingerprint density at radius 3 is 2.79 bits per heavy atom. The summed E-state index contributed by atoms with van der Waals surface area (Å²) in [5.74, 6) is 4.10. The molecule has 0 aliphatic heterocycles. The number of rotatable bonds is 10. The third-order valence-electron chi connectivity index (χ3n) is 2.73. The van der Waals surface area contributed by atoms with Crippen LogP contribution in [0.15, 0.2) is 18.2 Å². The Bertz CT molecular complexity index is 358. The van der Waals surface area contributed by atoms with Crippen LogP contribution in [0.2, 0.25) is 0 Å². The van der Waals surface area contributed by atoms with Gasteiger partial charge in [-0.05, 0) is 30.5 Å². The molecule has 0 saturated heterocycles. The van der Waals surface area contributed by atoms with Gasteiger partial charge in [0.05, 0.1) is 13.7 Å². The van der Waals surface area contributed by atoms with Gasteiger partial charge in [-0.25, -0.2) is 0 Å². The Morgan fingerprint density at radius 1 is 1.26 bits per heavy atom. The van der Waals surface area contributed by atoms with E-state index >= 15 is 0 Å². The van der Waals surface area contributed by atoms with Crippen molar-refractivity contribution in [3.05, 3.63) is 23.8 Å². The van der Waals surface area contributed by atoms with Gasteiger partial charge < -0.3 is 14.8 Å². The lowest BCUT2D eigenvalue weighted by atomic mass is 10.2. The van der Waals surface area contributed by atoms with E-state index < -0.39 is 0 Å². The van der Waals surface area contributed by atoms with Crippen molar-refractivity contribution in [2.24, 2.45) is 0 Å². The Morgan fingerprint density at radius 2 is 2.11 bits per heavy atom. The molecule has 0 unspecified atom stereocenters. The van der Waals surface area contributed by atoms with Gasteiger partial charge in [0.1, 0.15) is 11.5 Å². The number of hydrogen-bond donors (Lipinski definition) is 1. The molecule has 0 aliphatic rings. The van der Waals surface area contributed by atoms with Crippen LogP contribution in [0, 0.1) is 0 Å². The highest BCUT2D eigenvalue weighted by atomic mass is 32.2. The van der Waals surface area contributed by atoms with Crippen molar-refractivity contribution in [1.29, 1.82) is 0 Å². The van der Waals surface area contributed by atoms with Crippen molar-refractivity contribution in [3.8, 4) is 11.5 Å². The van der Waals surface area contributed by atoms with E-state index in [9.17, 15) is 0 Å². The molecule has 1 rings (SSSR count). The molecule has 1 aromatic carbocycles. The number of methoxy groups -OCH3 is 1. The molecule has 1 aromatic rings. The molecule has 19 heavy (non-hydrogen) atoms. The minimum Gasteiger partial charge on any atom is -0.497 e. The highest BCUT2D eigenvalue weighted by Crippen LogP contribution is 2.25. The second kappa shape index (κ2) is 9.98. The van der Waals surface area contributed by atoms with Gasteiger partial charge in [0.2, 0.25) is 0 Å². The summed E-state index contributed by atoms with van der Waals surface area (Å²) in [6, 6.07) is 6.02. The van der Waals surface area contributed by atoms with Crippen LogP contribution < -0.4 is 14.8 Å². The smallest absolute Gasteiger partial charge is 0.127 e. The van der Waals surface area contributed by atoms with Crippen molar-refractivity contribution in [2.75, 3.05) is 31.8 Å². The van der Waals surface area contributed by atoms with Gasteiger partial charge in [-0.3, -0.25) is 0 Å². The predicted molar refractivity (Wildman–Crippen MR) is 83.5 cm³/mol. The Kier molecular flexibility index (Phi) is 8.50. The van der Waals surface area contributed by atoms with E-state index in [1.54, 1.807) is 7.11 Å². The average molecular weight is 283 g/mol. The maximum absolute atomic E-state index is 5.89. The molecule has 0 saturated carbocycles. The zero-order valence-electron chi connectivity index (χ0n) is 12.2. The molecule has 0 heterocycles. The Labute approximate surface area is 121 Å². The second-order valence-electron chi connectivity index (χ2n) is 4.15. The summed E-state index contributed by atoms with van der Waals surface area (Å²) in [6.07, 6.45) is 1.08. The summed E-state index contributed by atoms with van der Waals surface area (Å²) in [4.78, 5) is 0. The van der Waals surface area contributed by atoms with E-state index in [0.717, 1.165) is 43.4 Å². The molecule has 0 spiro atoms. The second-order valence-corrected chi connectivity index (χ2v) is 5.55. The summed E-state index contributed by atoms with van der Waals surface area (Å²) in [6.45, 7) is 6.84. The molecule has 0 fully saturated rings. The first-order valence-corrected chi connectivity index (χ1v) is 8.05. The fourth-order valence-corrected chi connectivity index (χ4v) is 2.30. The Balaban J connectivity index is 2.55. The molecule has 0 aromatic heterocycles. The molecule has 3 nitrogen and oxygen atoms in total. The first-order chi connectivity index (χ1) is 9.31. The van der Waals surface area contributed by atoms with Crippen LogP contribution in [0.3, 0.4) is 0 Å². The fourth-order valence-electron chi connectivity index (χ4n) is 1.69. The van der Waals surface area contributed by atoms with E-state index in [4.69, 9.17) is 9.47 Å². The van der Waals surface area contributed by atoms with E-state index in [1.165, 1.54) is 11.3 Å². The number of nitrogens with one attached hydrogen (secondary N) is 1. The normalized spacial score (nSPS) is 10.5. The lowest BCUT2D eigenvalue weighted by Crippen LogP contribution is -2.13. The van der Waals surface area contributed by atoms with Gasteiger partial charge in [-0.15, -0.1) is 0 Å². The van der Waals surface area contributed by atoms with Crippen LogP contribution in [0.1, 0.15) is 25.8 Å². The zero-order chi connectivity index (χ0) is 13.9. The summed E-state index contributed by atoms with van der Waals surface area (Å²) in [5, 5.41) is 3.33. The fraction of sp³-hybridized carbons (Fsp3) is 0.600. The molecule has 0 bridgehead atoms. The molecule has 0 atom stereocenters. The first-order valence-electron chi connectivity index (χ1n) is 6.90. The van der Waals surface area contributed by atoms with Crippen LogP contribution in [0.4, 0.5) is 0 Å². The minimum absolute atomic E-state index is 0.763. The van der Waals surface area contributed by atoms with Gasteiger partial charge in [0.15, 0.2) is 0 Å². The van der Waals surface area contributed by atoms with Crippen LogP contribution >= 0.6 is 11.8 Å². The van der Waals surface area contributed by atoms with Gasteiger partial charge >= 0.3 is 0 Å². The van der Waals surface area contributed by atoms with Crippen molar-refractivity contribution >= 4 is 11.8 Å². The van der Waals surface area contributed by atoms with Gasteiger partial charge in [0, 0.05) is 18.2 Å². The zero-order valence-corrected chi connectivity index (χ0v) is 13.0. The summed E-state index contributed by atoms with van der Waals surface area (Å²) in [7, 11) is 1.68. The topological polar surface area (TPSA) is 30.5 Å². The maximum Gasteiger partial charge on any atom is 0.127 e. The quantitative estimate of drug-likeness (QED) is 0.667. The lowest BCUT2D eigenvalue weighted by Gasteiger charge is -2.13. The highest BCUT2D eigenvalue weighted by molar-refractivity contribution is 7.99. The highest BCUT2D eigenvalue weighted by Gasteiger charge is 2.05. The van der Waals surface area contributed by atoms with E-state index in [-0.39, 0.29) is 0 Å². The average Bonchev–Trinajstić information content (AvgIpc) is 2.45. The third kappa shape index (κ3) is 6.21. The molecular weight excluding hydrogens is 258 g/mol. The lowest BCUT2D eigenvalue weighted by molar-refractivity contribution is 0.311. The molecule has 0 amide bonds. The van der Waals surface area contributed by atoms with Crippen molar-refractivity contribution in [1.82, 2.24) is 5.32 Å². The van der Waals surface area contributed by atoms with Crippen LogP contribution in [0.5, 0.6) is 11.5 Å². The monoisotopic (exact) mass is 283 g/mol. The van der Waals surface area contributed by atoms with Gasteiger partial charge in [-0.2, -0.15) is 11.8 Å². The first kappa shape index (κ1) is 16.2. The molecule has 0 radical (unpaired) electrons. The number of ether oxygens (including phenoxy) is 2. The number of hydrogen-bond acceptors (Lipinski definition) is 4. The molecule has 1 N–H and O–H groups in total. The van der Waals surface area contributed by atoms with Crippen molar-refractivity contribution in [3.63, 3.8) is 0 Å². The van der Waals surface area contributed by atoms with Crippen LogP contribution in [0.25, 0.3) is 0 Å². The van der Waals surface area contributed by atoms with Gasteiger partial charge in [-0.1, -0.05) is 19.9 Å². The van der Waals surface area contributed by atoms with Gasteiger partial charge in [0.25, 0.3) is 0 Å². The van der Waals surface area contributed by atoms with Crippen LogP contribution in [-0.4, -0.2) is 31.8 Å². The predicted octanol–water partition coefficient (Wildman–Crippen LogP) is 3.33. The molecule has 108 valence electrons. The molecular formula is C15H25NO2S. The summed E-state index contributed by atoms with van der Waals surface area (Å²) in [5.41, 5.74) is 1.19. The molecule has 4 heteroatoms. The van der Waals surface area contributed by atoms with E-state index in [0.29, 0.717) is 0 Å². The van der Waals surface area contributed by atoms with Crippen molar-refractivity contribution < 1.29 is 9.47 Å². The Hall–Kier alpha value is -0.870. The summed E-state index contributed by atoms with van der Waals surface area (Å²) >= 11 is 1.95. The third-order valence-corrected chi connectivity index (χ3v) is 3.72. The van der Waals surface area contributed by atoms with Crippen molar-refractivity contribution in [2.45, 2.75) is 26.8 Å².